The van der Waals surface area contributed by atoms with Crippen LogP contribution in [0.4, 0.5) is 0 Å². The Hall–Kier alpha value is -2.75. The number of esters is 1. The molecule has 1 aromatic heterocycles. The topological polar surface area (TPSA) is 88.4 Å². The van der Waals surface area contributed by atoms with Crippen molar-refractivity contribution >= 4 is 17.7 Å². The van der Waals surface area contributed by atoms with Crippen LogP contribution in [0, 0.1) is 0 Å². The average Bonchev–Trinajstić information content (AvgIpc) is 3.26. The highest BCUT2D eigenvalue weighted by Crippen LogP contribution is 2.32. The first-order valence-electron chi connectivity index (χ1n) is 11.8. The fraction of sp³-hybridized carbons (Fsp3) is 0.462. The first-order chi connectivity index (χ1) is 16.7. The van der Waals surface area contributed by atoms with Gasteiger partial charge in [0, 0.05) is 18.6 Å². The number of para-hydroxylation sites is 1. The number of thioether (sulfide) groups is 1. The summed E-state index contributed by atoms with van der Waals surface area (Å²) in [5.74, 6) is -0.447. The molecular formula is C26H32N4O4S. The maximum absolute atomic E-state index is 12.8. The molecule has 0 radical (unpaired) electrons. The van der Waals surface area contributed by atoms with E-state index < -0.39 is 11.4 Å². The van der Waals surface area contributed by atoms with Gasteiger partial charge in [-0.05, 0) is 55.8 Å². The SMILES string of the molecule is CC(C)(Cc1ccccc1)OC(=O)C[C@H]1C[C@@H](CSc2nnnn2-c2ccccc2)OC(C)(C)O1. The predicted octanol–water partition coefficient (Wildman–Crippen LogP) is 4.62. The van der Waals surface area contributed by atoms with Crippen LogP contribution in [0.5, 0.6) is 0 Å². The summed E-state index contributed by atoms with van der Waals surface area (Å²) in [5.41, 5.74) is 1.42. The average molecular weight is 497 g/mol. The van der Waals surface area contributed by atoms with Gasteiger partial charge in [0.1, 0.15) is 5.60 Å². The second-order valence-electron chi connectivity index (χ2n) is 9.74. The predicted molar refractivity (Wildman–Crippen MR) is 133 cm³/mol. The van der Waals surface area contributed by atoms with Gasteiger partial charge in [-0.2, -0.15) is 4.68 Å². The molecule has 2 heterocycles. The van der Waals surface area contributed by atoms with Gasteiger partial charge < -0.3 is 14.2 Å². The number of rotatable bonds is 9. The number of benzene rings is 2. The summed E-state index contributed by atoms with van der Waals surface area (Å²) in [6, 6.07) is 19.8. The van der Waals surface area contributed by atoms with Crippen molar-refractivity contribution in [1.82, 2.24) is 20.2 Å². The molecule has 0 bridgehead atoms. The Balaban J connectivity index is 1.33. The number of hydrogen-bond acceptors (Lipinski definition) is 8. The third kappa shape index (κ3) is 7.37. The molecule has 3 aromatic rings. The van der Waals surface area contributed by atoms with E-state index in [0.29, 0.717) is 23.8 Å². The number of hydrogen-bond donors (Lipinski definition) is 0. The van der Waals surface area contributed by atoms with Crippen LogP contribution in [-0.4, -0.2) is 55.5 Å². The van der Waals surface area contributed by atoms with E-state index >= 15 is 0 Å². The molecule has 0 amide bonds. The lowest BCUT2D eigenvalue weighted by atomic mass is 9.98. The molecule has 186 valence electrons. The summed E-state index contributed by atoms with van der Waals surface area (Å²) >= 11 is 1.52. The quantitative estimate of drug-likeness (QED) is 0.313. The van der Waals surface area contributed by atoms with Crippen LogP contribution in [0.2, 0.25) is 0 Å². The van der Waals surface area contributed by atoms with Crippen molar-refractivity contribution in [2.75, 3.05) is 5.75 Å². The molecular weight excluding hydrogens is 464 g/mol. The smallest absolute Gasteiger partial charge is 0.308 e. The molecule has 4 rings (SSSR count). The minimum Gasteiger partial charge on any atom is -0.459 e. The summed E-state index contributed by atoms with van der Waals surface area (Å²) in [6.07, 6.45) is 0.981. The zero-order chi connectivity index (χ0) is 24.9. The number of carbonyl (C=O) groups is 1. The van der Waals surface area contributed by atoms with Gasteiger partial charge in [0.15, 0.2) is 5.79 Å². The number of aromatic nitrogens is 4. The number of ether oxygens (including phenoxy) is 3. The maximum Gasteiger partial charge on any atom is 0.308 e. The van der Waals surface area contributed by atoms with Crippen LogP contribution in [0.1, 0.15) is 46.1 Å². The Labute approximate surface area is 210 Å². The van der Waals surface area contributed by atoms with Crippen LogP contribution >= 0.6 is 11.8 Å². The van der Waals surface area contributed by atoms with Crippen molar-refractivity contribution in [3.05, 3.63) is 66.2 Å². The lowest BCUT2D eigenvalue weighted by Gasteiger charge is -2.40. The van der Waals surface area contributed by atoms with E-state index in [1.807, 2.05) is 88.4 Å². The number of nitrogens with zero attached hydrogens (tertiary/aromatic N) is 4. The van der Waals surface area contributed by atoms with Crippen LogP contribution in [-0.2, 0) is 25.4 Å². The molecule has 0 unspecified atom stereocenters. The van der Waals surface area contributed by atoms with Gasteiger partial charge in [-0.15, -0.1) is 5.10 Å². The molecule has 8 nitrogen and oxygen atoms in total. The summed E-state index contributed by atoms with van der Waals surface area (Å²) in [6.45, 7) is 7.61. The van der Waals surface area contributed by atoms with Gasteiger partial charge in [0.25, 0.3) is 0 Å². The maximum atomic E-state index is 12.8. The Kier molecular flexibility index (Phi) is 7.88. The summed E-state index contributed by atoms with van der Waals surface area (Å²) in [5, 5.41) is 12.8. The normalized spacial score (nSPS) is 19.9. The van der Waals surface area contributed by atoms with Crippen molar-refractivity contribution in [3.8, 4) is 5.69 Å². The van der Waals surface area contributed by atoms with Crippen LogP contribution in [0.25, 0.3) is 5.69 Å². The summed E-state index contributed by atoms with van der Waals surface area (Å²) < 4.78 is 19.7. The van der Waals surface area contributed by atoms with Gasteiger partial charge in [-0.25, -0.2) is 0 Å². The van der Waals surface area contributed by atoms with Gasteiger partial charge >= 0.3 is 5.97 Å². The molecule has 1 aliphatic rings. The zero-order valence-corrected chi connectivity index (χ0v) is 21.4. The van der Waals surface area contributed by atoms with E-state index in [0.717, 1.165) is 11.3 Å². The second-order valence-corrected chi connectivity index (χ2v) is 10.7. The van der Waals surface area contributed by atoms with Crippen molar-refractivity contribution in [2.24, 2.45) is 0 Å². The molecule has 1 saturated heterocycles. The third-order valence-corrected chi connectivity index (χ3v) is 6.58. The molecule has 2 aromatic carbocycles. The molecule has 2 atom stereocenters. The molecule has 0 saturated carbocycles. The van der Waals surface area contributed by atoms with Gasteiger partial charge in [-0.1, -0.05) is 60.3 Å². The monoisotopic (exact) mass is 496 g/mol. The fourth-order valence-corrected chi connectivity index (χ4v) is 5.17. The Morgan fingerprint density at radius 1 is 1.09 bits per heavy atom. The molecule has 9 heteroatoms. The van der Waals surface area contributed by atoms with Crippen molar-refractivity contribution in [3.63, 3.8) is 0 Å². The van der Waals surface area contributed by atoms with E-state index in [1.165, 1.54) is 11.8 Å². The molecule has 0 aliphatic carbocycles. The van der Waals surface area contributed by atoms with Crippen LogP contribution in [0.15, 0.2) is 65.8 Å². The third-order valence-electron chi connectivity index (χ3n) is 5.52. The van der Waals surface area contributed by atoms with E-state index in [2.05, 4.69) is 15.5 Å². The molecule has 0 N–H and O–H groups in total. The summed E-state index contributed by atoms with van der Waals surface area (Å²) in [7, 11) is 0. The van der Waals surface area contributed by atoms with Crippen molar-refractivity contribution in [2.45, 2.75) is 75.7 Å². The van der Waals surface area contributed by atoms with Crippen molar-refractivity contribution < 1.29 is 19.0 Å². The fourth-order valence-electron chi connectivity index (χ4n) is 4.27. The van der Waals surface area contributed by atoms with Gasteiger partial charge in [0.2, 0.25) is 5.16 Å². The Morgan fingerprint density at radius 2 is 1.74 bits per heavy atom. The van der Waals surface area contributed by atoms with E-state index in [-0.39, 0.29) is 24.6 Å². The molecule has 1 fully saturated rings. The standard InChI is InChI=1S/C26H32N4O4S/c1-25(2,17-19-11-7-5-8-12-19)34-23(31)16-21-15-22(33-26(3,4)32-21)18-35-24-27-28-29-30(24)20-13-9-6-10-14-20/h5-14,21-22H,15-18H2,1-4H3/t21-,22+/m1/s1. The van der Waals surface area contributed by atoms with E-state index in [1.54, 1.807) is 4.68 Å². The molecule has 1 aliphatic heterocycles. The minimum atomic E-state index is -0.806. The zero-order valence-electron chi connectivity index (χ0n) is 20.6. The van der Waals surface area contributed by atoms with Gasteiger partial charge in [-0.3, -0.25) is 4.79 Å². The molecule has 35 heavy (non-hydrogen) atoms. The highest BCUT2D eigenvalue weighted by molar-refractivity contribution is 7.99. The van der Waals surface area contributed by atoms with E-state index in [9.17, 15) is 4.79 Å². The number of tetrazole rings is 1. The van der Waals surface area contributed by atoms with Crippen molar-refractivity contribution in [1.29, 1.82) is 0 Å². The number of carbonyl (C=O) groups excluding carboxylic acids is 1. The molecule has 0 spiro atoms. The highest BCUT2D eigenvalue weighted by Gasteiger charge is 2.37. The lowest BCUT2D eigenvalue weighted by molar-refractivity contribution is -0.295. The van der Waals surface area contributed by atoms with Crippen LogP contribution in [0.3, 0.4) is 0 Å². The Morgan fingerprint density at radius 3 is 2.46 bits per heavy atom. The van der Waals surface area contributed by atoms with E-state index in [4.69, 9.17) is 14.2 Å². The van der Waals surface area contributed by atoms with Crippen LogP contribution < -0.4 is 0 Å². The lowest BCUT2D eigenvalue weighted by Crippen LogP contribution is -2.46. The van der Waals surface area contributed by atoms with Gasteiger partial charge in [0.05, 0.1) is 24.3 Å². The summed E-state index contributed by atoms with van der Waals surface area (Å²) in [4.78, 5) is 12.8. The first-order valence-corrected chi connectivity index (χ1v) is 12.8. The largest absolute Gasteiger partial charge is 0.459 e. The highest BCUT2D eigenvalue weighted by atomic mass is 32.2. The first kappa shape index (κ1) is 25.3. The Bertz CT molecular complexity index is 1100. The minimum absolute atomic E-state index is 0.125. The second kappa shape index (κ2) is 10.9.